The maximum atomic E-state index is 6.07. The van der Waals surface area contributed by atoms with Crippen molar-refractivity contribution in [3.63, 3.8) is 0 Å². The number of nitrogens with one attached hydrogen (secondary N) is 1. The van der Waals surface area contributed by atoms with E-state index in [0.717, 1.165) is 48.2 Å². The summed E-state index contributed by atoms with van der Waals surface area (Å²) in [6.45, 7) is 7.29. The molecule has 0 bridgehead atoms. The molecule has 0 atom stereocenters. The maximum absolute atomic E-state index is 6.07. The normalized spacial score (nSPS) is 10.8. The molecule has 0 aliphatic carbocycles. The molecule has 0 unspecified atom stereocenters. The minimum Gasteiger partial charge on any atom is -0.491 e. The molecule has 0 aliphatic rings. The number of halogens is 1. The summed E-state index contributed by atoms with van der Waals surface area (Å²) in [5.41, 5.74) is 1.10. The lowest BCUT2D eigenvalue weighted by atomic mass is 10.2. The van der Waals surface area contributed by atoms with Crippen molar-refractivity contribution in [1.82, 2.24) is 14.9 Å². The summed E-state index contributed by atoms with van der Waals surface area (Å²) in [6.07, 6.45) is 4.87. The van der Waals surface area contributed by atoms with Crippen molar-refractivity contribution >= 4 is 11.6 Å². The van der Waals surface area contributed by atoms with Crippen LogP contribution in [0.1, 0.15) is 24.7 Å². The molecule has 0 radical (unpaired) electrons. The Morgan fingerprint density at radius 2 is 2.24 bits per heavy atom. The molecule has 1 N–H and O–H groups in total. The lowest BCUT2D eigenvalue weighted by Gasteiger charge is -2.13. The van der Waals surface area contributed by atoms with E-state index in [1.807, 2.05) is 31.3 Å². The number of nitrogens with zero attached hydrogens (tertiary/aromatic N) is 2. The van der Waals surface area contributed by atoms with Gasteiger partial charge in [-0.3, -0.25) is 0 Å². The summed E-state index contributed by atoms with van der Waals surface area (Å²) in [5.74, 6) is 1.89. The minimum absolute atomic E-state index is 0.611. The summed E-state index contributed by atoms with van der Waals surface area (Å²) >= 11 is 6.07. The van der Waals surface area contributed by atoms with E-state index in [2.05, 4.69) is 21.8 Å². The second-order valence-electron chi connectivity index (χ2n) is 4.95. The van der Waals surface area contributed by atoms with E-state index in [0.29, 0.717) is 6.61 Å². The average molecular weight is 308 g/mol. The van der Waals surface area contributed by atoms with Crippen LogP contribution in [0.15, 0.2) is 30.6 Å². The third kappa shape index (κ3) is 4.76. The van der Waals surface area contributed by atoms with Crippen LogP contribution in [-0.2, 0) is 13.1 Å². The maximum Gasteiger partial charge on any atom is 0.123 e. The van der Waals surface area contributed by atoms with Gasteiger partial charge in [0.25, 0.3) is 0 Å². The Morgan fingerprint density at radius 3 is 2.95 bits per heavy atom. The molecule has 2 rings (SSSR count). The van der Waals surface area contributed by atoms with Crippen LogP contribution >= 0.6 is 11.6 Å². The number of aryl methyl sites for hydroxylation is 1. The van der Waals surface area contributed by atoms with E-state index in [-0.39, 0.29) is 0 Å². The number of benzene rings is 1. The predicted octanol–water partition coefficient (Wildman–Crippen LogP) is 3.42. The SMILES string of the molecule is CCCNCc1cc(Cl)ccc1OCCn1ccnc1C. The van der Waals surface area contributed by atoms with Gasteiger partial charge in [0.1, 0.15) is 18.2 Å². The molecular weight excluding hydrogens is 286 g/mol. The average Bonchev–Trinajstić information content (AvgIpc) is 2.87. The zero-order valence-electron chi connectivity index (χ0n) is 12.6. The number of hydrogen-bond donors (Lipinski definition) is 1. The van der Waals surface area contributed by atoms with Gasteiger partial charge in [-0.15, -0.1) is 0 Å². The van der Waals surface area contributed by atoms with Gasteiger partial charge in [-0.2, -0.15) is 0 Å². The van der Waals surface area contributed by atoms with Crippen LogP contribution in [0.2, 0.25) is 5.02 Å². The molecule has 1 heterocycles. The Balaban J connectivity index is 1.93. The Kier molecular flexibility index (Phi) is 6.08. The highest BCUT2D eigenvalue weighted by atomic mass is 35.5. The molecule has 0 amide bonds. The first kappa shape index (κ1) is 15.9. The molecule has 0 fully saturated rings. The van der Waals surface area contributed by atoms with Gasteiger partial charge in [0.05, 0.1) is 6.54 Å². The number of aromatic nitrogens is 2. The van der Waals surface area contributed by atoms with Crippen LogP contribution < -0.4 is 10.1 Å². The van der Waals surface area contributed by atoms with Gasteiger partial charge in [-0.05, 0) is 38.1 Å². The molecule has 0 saturated heterocycles. The molecule has 0 spiro atoms. The molecule has 2 aromatic rings. The predicted molar refractivity (Wildman–Crippen MR) is 85.9 cm³/mol. The van der Waals surface area contributed by atoms with Crippen LogP contribution in [0.5, 0.6) is 5.75 Å². The summed E-state index contributed by atoms with van der Waals surface area (Å²) in [4.78, 5) is 4.20. The van der Waals surface area contributed by atoms with Crippen LogP contribution in [0.4, 0.5) is 0 Å². The van der Waals surface area contributed by atoms with Crippen molar-refractivity contribution in [2.24, 2.45) is 0 Å². The standard InChI is InChI=1S/C16H22ClN3O/c1-3-6-18-12-14-11-15(17)4-5-16(14)21-10-9-20-8-7-19-13(20)2/h4-5,7-8,11,18H,3,6,9-10,12H2,1-2H3. The van der Waals surface area contributed by atoms with E-state index < -0.39 is 0 Å². The highest BCUT2D eigenvalue weighted by Gasteiger charge is 2.05. The van der Waals surface area contributed by atoms with E-state index in [1.54, 1.807) is 6.20 Å². The van der Waals surface area contributed by atoms with Gasteiger partial charge >= 0.3 is 0 Å². The first-order chi connectivity index (χ1) is 10.2. The lowest BCUT2D eigenvalue weighted by Crippen LogP contribution is -2.15. The molecular formula is C16H22ClN3O. The summed E-state index contributed by atoms with van der Waals surface area (Å²) in [5, 5.41) is 4.12. The van der Waals surface area contributed by atoms with Crippen LogP contribution in [0.3, 0.4) is 0 Å². The summed E-state index contributed by atoms with van der Waals surface area (Å²) in [6, 6.07) is 5.76. The topological polar surface area (TPSA) is 39.1 Å². The van der Waals surface area contributed by atoms with Gasteiger partial charge in [0, 0.05) is 29.5 Å². The zero-order valence-corrected chi connectivity index (χ0v) is 13.4. The van der Waals surface area contributed by atoms with Gasteiger partial charge in [0.2, 0.25) is 0 Å². The van der Waals surface area contributed by atoms with Crippen molar-refractivity contribution in [3.05, 3.63) is 47.0 Å². The van der Waals surface area contributed by atoms with Crippen LogP contribution in [0.25, 0.3) is 0 Å². The van der Waals surface area contributed by atoms with Crippen molar-refractivity contribution < 1.29 is 4.74 Å². The monoisotopic (exact) mass is 307 g/mol. The third-order valence-corrected chi connectivity index (χ3v) is 3.51. The second kappa shape index (κ2) is 8.05. The Hall–Kier alpha value is -1.52. The fraction of sp³-hybridized carbons (Fsp3) is 0.438. The number of ether oxygens (including phenoxy) is 1. The van der Waals surface area contributed by atoms with Gasteiger partial charge < -0.3 is 14.6 Å². The van der Waals surface area contributed by atoms with E-state index in [4.69, 9.17) is 16.3 Å². The lowest BCUT2D eigenvalue weighted by molar-refractivity contribution is 0.293. The fourth-order valence-electron chi connectivity index (χ4n) is 2.12. The second-order valence-corrected chi connectivity index (χ2v) is 5.38. The molecule has 114 valence electrons. The number of hydrogen-bond acceptors (Lipinski definition) is 3. The first-order valence-electron chi connectivity index (χ1n) is 7.30. The fourth-order valence-corrected chi connectivity index (χ4v) is 2.32. The summed E-state index contributed by atoms with van der Waals surface area (Å²) in [7, 11) is 0. The van der Waals surface area contributed by atoms with E-state index in [9.17, 15) is 0 Å². The smallest absolute Gasteiger partial charge is 0.123 e. The Bertz CT molecular complexity index is 568. The minimum atomic E-state index is 0.611. The van der Waals surface area contributed by atoms with Gasteiger partial charge in [0.15, 0.2) is 0 Å². The molecule has 0 saturated carbocycles. The molecule has 4 nitrogen and oxygen atoms in total. The first-order valence-corrected chi connectivity index (χ1v) is 7.68. The third-order valence-electron chi connectivity index (χ3n) is 3.28. The van der Waals surface area contributed by atoms with Crippen molar-refractivity contribution in [1.29, 1.82) is 0 Å². The number of rotatable bonds is 8. The molecule has 1 aromatic carbocycles. The van der Waals surface area contributed by atoms with Crippen LogP contribution in [-0.4, -0.2) is 22.7 Å². The number of imidazole rings is 1. The van der Waals surface area contributed by atoms with Crippen molar-refractivity contribution in [2.75, 3.05) is 13.2 Å². The zero-order chi connectivity index (χ0) is 15.1. The summed E-state index contributed by atoms with van der Waals surface area (Å²) < 4.78 is 7.98. The molecule has 1 aromatic heterocycles. The highest BCUT2D eigenvalue weighted by Crippen LogP contribution is 2.23. The van der Waals surface area contributed by atoms with E-state index >= 15 is 0 Å². The van der Waals surface area contributed by atoms with Gasteiger partial charge in [-0.25, -0.2) is 4.98 Å². The largest absolute Gasteiger partial charge is 0.491 e. The molecule has 0 aliphatic heterocycles. The van der Waals surface area contributed by atoms with Crippen molar-refractivity contribution in [2.45, 2.75) is 33.4 Å². The van der Waals surface area contributed by atoms with Crippen molar-refractivity contribution in [3.8, 4) is 5.75 Å². The van der Waals surface area contributed by atoms with Gasteiger partial charge in [-0.1, -0.05) is 18.5 Å². The Morgan fingerprint density at radius 1 is 1.38 bits per heavy atom. The van der Waals surface area contributed by atoms with Crippen LogP contribution in [0, 0.1) is 6.92 Å². The highest BCUT2D eigenvalue weighted by molar-refractivity contribution is 6.30. The molecule has 5 heteroatoms. The van der Waals surface area contributed by atoms with E-state index in [1.165, 1.54) is 0 Å². The molecule has 21 heavy (non-hydrogen) atoms. The Labute approximate surface area is 131 Å². The quantitative estimate of drug-likeness (QED) is 0.760.